The van der Waals surface area contributed by atoms with E-state index in [-0.39, 0.29) is 5.91 Å². The van der Waals surface area contributed by atoms with Crippen LogP contribution in [-0.4, -0.2) is 15.9 Å². The van der Waals surface area contributed by atoms with Crippen LogP contribution >= 0.6 is 27.3 Å². The lowest BCUT2D eigenvalue weighted by Crippen LogP contribution is -2.09. The summed E-state index contributed by atoms with van der Waals surface area (Å²) in [6.45, 7) is 1.98. The molecule has 0 fully saturated rings. The third kappa shape index (κ3) is 3.18. The molecule has 1 aromatic carbocycles. The minimum absolute atomic E-state index is 0.00329. The van der Waals surface area contributed by atoms with E-state index in [0.717, 1.165) is 32.2 Å². The number of carbonyl (C=O) groups is 1. The Morgan fingerprint density at radius 3 is 3.00 bits per heavy atom. The van der Waals surface area contributed by atoms with Gasteiger partial charge in [-0.1, -0.05) is 40.3 Å². The van der Waals surface area contributed by atoms with Crippen LogP contribution in [0.4, 0.5) is 5.13 Å². The van der Waals surface area contributed by atoms with Crippen LogP contribution < -0.4 is 5.32 Å². The smallest absolute Gasteiger partial charge is 0.226 e. The molecule has 2 aromatic heterocycles. The molecule has 1 amide bonds. The first kappa shape index (κ1) is 15.1. The SMILES string of the molecule is CCCC(=O)Nc1nc2cc(Br)cc(-c3cccnc3)c2s1. The number of pyridine rings is 1. The summed E-state index contributed by atoms with van der Waals surface area (Å²) in [4.78, 5) is 20.4. The minimum atomic E-state index is 0.00329. The number of hydrogen-bond donors (Lipinski definition) is 1. The second kappa shape index (κ2) is 6.54. The van der Waals surface area contributed by atoms with Crippen LogP contribution in [0, 0.1) is 0 Å². The number of halogens is 1. The van der Waals surface area contributed by atoms with Gasteiger partial charge in [-0.25, -0.2) is 4.98 Å². The molecule has 0 bridgehead atoms. The summed E-state index contributed by atoms with van der Waals surface area (Å²) >= 11 is 5.01. The van der Waals surface area contributed by atoms with Crippen LogP contribution in [0.25, 0.3) is 21.3 Å². The first-order valence-corrected chi connectivity index (χ1v) is 8.58. The summed E-state index contributed by atoms with van der Waals surface area (Å²) in [6, 6.07) is 7.94. The van der Waals surface area contributed by atoms with Crippen molar-refractivity contribution in [2.45, 2.75) is 19.8 Å². The highest BCUT2D eigenvalue weighted by atomic mass is 79.9. The Balaban J connectivity index is 2.06. The molecule has 1 N–H and O–H groups in total. The van der Waals surface area contributed by atoms with E-state index in [2.05, 4.69) is 37.3 Å². The number of carbonyl (C=O) groups excluding carboxylic acids is 1. The Bertz CT molecular complexity index is 817. The number of thiazole rings is 1. The zero-order chi connectivity index (χ0) is 15.5. The number of fused-ring (bicyclic) bond motifs is 1. The van der Waals surface area contributed by atoms with E-state index in [1.807, 2.05) is 31.3 Å². The maximum absolute atomic E-state index is 11.7. The average Bonchev–Trinajstić information content (AvgIpc) is 2.89. The van der Waals surface area contributed by atoms with Gasteiger partial charge >= 0.3 is 0 Å². The number of benzene rings is 1. The van der Waals surface area contributed by atoms with Gasteiger partial charge in [0.2, 0.25) is 5.91 Å². The van der Waals surface area contributed by atoms with Crippen molar-refractivity contribution in [3.63, 3.8) is 0 Å². The molecule has 0 saturated carbocycles. The van der Waals surface area contributed by atoms with Gasteiger partial charge in [0.25, 0.3) is 0 Å². The zero-order valence-electron chi connectivity index (χ0n) is 12.0. The largest absolute Gasteiger partial charge is 0.302 e. The normalized spacial score (nSPS) is 10.8. The van der Waals surface area contributed by atoms with Crippen LogP contribution in [-0.2, 0) is 4.79 Å². The van der Waals surface area contributed by atoms with Gasteiger partial charge in [0.1, 0.15) is 0 Å². The molecule has 112 valence electrons. The van der Waals surface area contributed by atoms with Crippen molar-refractivity contribution in [3.05, 3.63) is 41.1 Å². The Hall–Kier alpha value is -1.79. The molecule has 4 nitrogen and oxygen atoms in total. The van der Waals surface area contributed by atoms with E-state index < -0.39 is 0 Å². The Kier molecular flexibility index (Phi) is 4.49. The molecular weight excluding hydrogens is 362 g/mol. The van der Waals surface area contributed by atoms with E-state index in [9.17, 15) is 4.79 Å². The van der Waals surface area contributed by atoms with Crippen LogP contribution in [0.15, 0.2) is 41.1 Å². The van der Waals surface area contributed by atoms with Gasteiger partial charge < -0.3 is 5.32 Å². The van der Waals surface area contributed by atoms with Gasteiger partial charge in [-0.3, -0.25) is 9.78 Å². The van der Waals surface area contributed by atoms with Crippen molar-refractivity contribution < 1.29 is 4.79 Å². The number of amides is 1. The van der Waals surface area contributed by atoms with Gasteiger partial charge in [-0.05, 0) is 24.6 Å². The van der Waals surface area contributed by atoms with Crippen LogP contribution in [0.1, 0.15) is 19.8 Å². The number of nitrogens with one attached hydrogen (secondary N) is 1. The van der Waals surface area contributed by atoms with Crippen LogP contribution in [0.3, 0.4) is 0 Å². The second-order valence-electron chi connectivity index (χ2n) is 4.86. The van der Waals surface area contributed by atoms with Crippen LogP contribution in [0.2, 0.25) is 0 Å². The Morgan fingerprint density at radius 2 is 2.27 bits per heavy atom. The molecule has 22 heavy (non-hydrogen) atoms. The third-order valence-electron chi connectivity index (χ3n) is 3.15. The molecular formula is C16H14BrN3OS. The molecule has 6 heteroatoms. The first-order chi connectivity index (χ1) is 10.7. The lowest BCUT2D eigenvalue weighted by Gasteiger charge is -2.03. The topological polar surface area (TPSA) is 54.9 Å². The van der Waals surface area contributed by atoms with E-state index in [0.29, 0.717) is 11.6 Å². The number of aromatic nitrogens is 2. The number of rotatable bonds is 4. The van der Waals surface area contributed by atoms with E-state index in [4.69, 9.17) is 0 Å². The predicted molar refractivity (Wildman–Crippen MR) is 94.1 cm³/mol. The molecule has 0 saturated heterocycles. The van der Waals surface area contributed by atoms with Crippen molar-refractivity contribution in [3.8, 4) is 11.1 Å². The Morgan fingerprint density at radius 1 is 1.41 bits per heavy atom. The molecule has 2 heterocycles. The fourth-order valence-corrected chi connectivity index (χ4v) is 3.64. The second-order valence-corrected chi connectivity index (χ2v) is 6.78. The fourth-order valence-electron chi connectivity index (χ4n) is 2.20. The van der Waals surface area contributed by atoms with Crippen molar-refractivity contribution in [1.82, 2.24) is 9.97 Å². The molecule has 0 spiro atoms. The van der Waals surface area contributed by atoms with Gasteiger partial charge in [-0.2, -0.15) is 0 Å². The maximum atomic E-state index is 11.7. The highest BCUT2D eigenvalue weighted by Crippen LogP contribution is 2.37. The molecule has 0 aliphatic rings. The fraction of sp³-hybridized carbons (Fsp3) is 0.188. The molecule has 3 aromatic rings. The summed E-state index contributed by atoms with van der Waals surface area (Å²) in [5.74, 6) is 0.00329. The lowest BCUT2D eigenvalue weighted by atomic mass is 10.1. The van der Waals surface area contributed by atoms with Crippen molar-refractivity contribution in [1.29, 1.82) is 0 Å². The first-order valence-electron chi connectivity index (χ1n) is 6.97. The summed E-state index contributed by atoms with van der Waals surface area (Å²) in [5.41, 5.74) is 2.96. The summed E-state index contributed by atoms with van der Waals surface area (Å²) in [7, 11) is 0. The average molecular weight is 376 g/mol. The molecule has 0 aliphatic heterocycles. The lowest BCUT2D eigenvalue weighted by molar-refractivity contribution is -0.116. The molecule has 0 aliphatic carbocycles. The highest BCUT2D eigenvalue weighted by Gasteiger charge is 2.13. The minimum Gasteiger partial charge on any atom is -0.302 e. The van der Waals surface area contributed by atoms with Gasteiger partial charge in [0.05, 0.1) is 10.2 Å². The highest BCUT2D eigenvalue weighted by molar-refractivity contribution is 9.10. The molecule has 3 rings (SSSR count). The van der Waals surface area contributed by atoms with Crippen molar-refractivity contribution in [2.24, 2.45) is 0 Å². The standard InChI is InChI=1S/C16H14BrN3OS/c1-2-4-14(21)20-16-19-13-8-11(17)7-12(15(13)22-16)10-5-3-6-18-9-10/h3,5-9H,2,4H2,1H3,(H,19,20,21). The molecule has 0 atom stereocenters. The van der Waals surface area contributed by atoms with E-state index in [1.165, 1.54) is 11.3 Å². The monoisotopic (exact) mass is 375 g/mol. The molecule has 0 unspecified atom stereocenters. The number of hydrogen-bond acceptors (Lipinski definition) is 4. The van der Waals surface area contributed by atoms with Gasteiger partial charge in [-0.15, -0.1) is 0 Å². The summed E-state index contributed by atoms with van der Waals surface area (Å²) in [6.07, 6.45) is 4.91. The van der Waals surface area contributed by atoms with Crippen molar-refractivity contribution >= 4 is 48.5 Å². The van der Waals surface area contributed by atoms with Crippen LogP contribution in [0.5, 0.6) is 0 Å². The number of nitrogens with zero attached hydrogens (tertiary/aromatic N) is 2. The predicted octanol–water partition coefficient (Wildman–Crippen LogP) is 4.86. The Labute approximate surface area is 140 Å². The maximum Gasteiger partial charge on any atom is 0.226 e. The van der Waals surface area contributed by atoms with E-state index in [1.54, 1.807) is 6.20 Å². The zero-order valence-corrected chi connectivity index (χ0v) is 14.4. The summed E-state index contributed by atoms with van der Waals surface area (Å²) in [5, 5.41) is 3.50. The van der Waals surface area contributed by atoms with Gasteiger partial charge in [0.15, 0.2) is 5.13 Å². The summed E-state index contributed by atoms with van der Waals surface area (Å²) < 4.78 is 2.00. The van der Waals surface area contributed by atoms with Gasteiger partial charge in [0, 0.05) is 34.4 Å². The third-order valence-corrected chi connectivity index (χ3v) is 4.63. The van der Waals surface area contributed by atoms with Crippen molar-refractivity contribution in [2.75, 3.05) is 5.32 Å². The number of anilines is 1. The molecule has 0 radical (unpaired) electrons. The quantitative estimate of drug-likeness (QED) is 0.708. The van der Waals surface area contributed by atoms with E-state index >= 15 is 0 Å².